The Morgan fingerprint density at radius 3 is 2.43 bits per heavy atom. The van der Waals surface area contributed by atoms with E-state index in [1.807, 2.05) is 0 Å². The monoisotopic (exact) mass is 367 g/mol. The number of anilines is 2. The molecule has 0 spiro atoms. The Morgan fingerprint density at radius 1 is 1.14 bits per heavy atom. The Morgan fingerprint density at radius 2 is 1.81 bits per heavy atom. The molecule has 0 saturated heterocycles. The number of thiocarbonyl (C=S) groups is 1. The van der Waals surface area contributed by atoms with Crippen LogP contribution in [0.25, 0.3) is 0 Å². The average Bonchev–Trinajstić information content (AvgIpc) is 2.43. The summed E-state index contributed by atoms with van der Waals surface area (Å²) in [6, 6.07) is 10.4. The normalized spacial score (nSPS) is 10.0. The Bertz CT molecular complexity index is 708. The molecule has 4 N–H and O–H groups in total. The van der Waals surface area contributed by atoms with Crippen molar-refractivity contribution >= 4 is 50.5 Å². The number of amides is 2. The van der Waals surface area contributed by atoms with E-state index in [1.165, 1.54) is 12.1 Å². The van der Waals surface area contributed by atoms with Gasteiger partial charge in [-0.25, -0.2) is 9.18 Å². The molecule has 21 heavy (non-hydrogen) atoms. The fourth-order valence-corrected chi connectivity index (χ4v) is 2.21. The highest BCUT2D eigenvalue weighted by Crippen LogP contribution is 2.24. The Kier molecular flexibility index (Phi) is 4.87. The van der Waals surface area contributed by atoms with Crippen LogP contribution in [0.2, 0.25) is 0 Å². The van der Waals surface area contributed by atoms with Crippen LogP contribution in [0.1, 0.15) is 5.56 Å². The number of carbonyl (C=O) groups excluding carboxylic acids is 1. The van der Waals surface area contributed by atoms with Crippen molar-refractivity contribution in [2.45, 2.75) is 0 Å². The minimum Gasteiger partial charge on any atom is -0.389 e. The second kappa shape index (κ2) is 6.64. The summed E-state index contributed by atoms with van der Waals surface area (Å²) < 4.78 is 14.1. The molecule has 0 radical (unpaired) electrons. The van der Waals surface area contributed by atoms with Crippen LogP contribution in [0.4, 0.5) is 20.6 Å². The molecule has 0 fully saturated rings. The third-order valence-electron chi connectivity index (χ3n) is 2.62. The van der Waals surface area contributed by atoms with Crippen molar-refractivity contribution in [3.05, 3.63) is 58.3 Å². The molecule has 2 amide bonds. The lowest BCUT2D eigenvalue weighted by Crippen LogP contribution is -2.20. The fraction of sp³-hybridized carbons (Fsp3) is 0. The van der Waals surface area contributed by atoms with E-state index in [2.05, 4.69) is 26.6 Å². The number of hydrogen-bond acceptors (Lipinski definition) is 2. The highest BCUT2D eigenvalue weighted by Gasteiger charge is 2.09. The predicted molar refractivity (Wildman–Crippen MR) is 89.1 cm³/mol. The summed E-state index contributed by atoms with van der Waals surface area (Å²) in [5.74, 6) is -0.504. The molecule has 4 nitrogen and oxygen atoms in total. The minimum atomic E-state index is -0.552. The quantitative estimate of drug-likeness (QED) is 0.721. The SMILES string of the molecule is NC(=S)c1ccc(NC(=O)Nc2ccccc2F)c(Br)c1. The first-order valence-corrected chi connectivity index (χ1v) is 7.09. The molecular weight excluding hydrogens is 357 g/mol. The van der Waals surface area contributed by atoms with Gasteiger partial charge in [-0.2, -0.15) is 0 Å². The Hall–Kier alpha value is -1.99. The molecular formula is C14H11BrFN3OS. The lowest BCUT2D eigenvalue weighted by molar-refractivity contribution is 0.262. The van der Waals surface area contributed by atoms with Crippen LogP contribution in [0.15, 0.2) is 46.9 Å². The van der Waals surface area contributed by atoms with E-state index < -0.39 is 11.8 Å². The number of carbonyl (C=O) groups is 1. The summed E-state index contributed by atoms with van der Waals surface area (Å²) >= 11 is 8.18. The lowest BCUT2D eigenvalue weighted by atomic mass is 10.2. The van der Waals surface area contributed by atoms with E-state index >= 15 is 0 Å². The fourth-order valence-electron chi connectivity index (χ4n) is 1.61. The molecule has 0 aliphatic rings. The second-order valence-corrected chi connectivity index (χ2v) is 5.41. The van der Waals surface area contributed by atoms with Crippen LogP contribution in [-0.2, 0) is 0 Å². The number of rotatable bonds is 3. The van der Waals surface area contributed by atoms with Crippen molar-refractivity contribution in [3.63, 3.8) is 0 Å². The van der Waals surface area contributed by atoms with Crippen LogP contribution in [-0.4, -0.2) is 11.0 Å². The number of hydrogen-bond donors (Lipinski definition) is 3. The van der Waals surface area contributed by atoms with Gasteiger partial charge in [0.15, 0.2) is 0 Å². The largest absolute Gasteiger partial charge is 0.389 e. The maximum Gasteiger partial charge on any atom is 0.323 e. The number of nitrogens with one attached hydrogen (secondary N) is 2. The molecule has 2 aromatic rings. The summed E-state index contributed by atoms with van der Waals surface area (Å²) in [5, 5.41) is 5.03. The van der Waals surface area contributed by atoms with Gasteiger partial charge >= 0.3 is 6.03 Å². The molecule has 0 aliphatic carbocycles. The van der Waals surface area contributed by atoms with Crippen LogP contribution in [0.3, 0.4) is 0 Å². The molecule has 2 aromatic carbocycles. The maximum absolute atomic E-state index is 13.4. The van der Waals surface area contributed by atoms with Crippen LogP contribution < -0.4 is 16.4 Å². The van der Waals surface area contributed by atoms with Crippen molar-refractivity contribution in [2.75, 3.05) is 10.6 Å². The summed E-state index contributed by atoms with van der Waals surface area (Å²) in [6.45, 7) is 0. The second-order valence-electron chi connectivity index (χ2n) is 4.12. The zero-order valence-corrected chi connectivity index (χ0v) is 13.1. The first-order valence-electron chi connectivity index (χ1n) is 5.89. The summed E-state index contributed by atoms with van der Waals surface area (Å²) in [4.78, 5) is 12.1. The molecule has 0 saturated carbocycles. The van der Waals surface area contributed by atoms with Gasteiger partial charge in [0.2, 0.25) is 0 Å². The van der Waals surface area contributed by atoms with Crippen LogP contribution in [0.5, 0.6) is 0 Å². The molecule has 0 unspecified atom stereocenters. The van der Waals surface area contributed by atoms with Gasteiger partial charge in [-0.05, 0) is 46.3 Å². The van der Waals surface area contributed by atoms with Gasteiger partial charge in [0.05, 0.1) is 11.4 Å². The minimum absolute atomic E-state index is 0.103. The van der Waals surface area contributed by atoms with Crippen molar-refractivity contribution in [1.29, 1.82) is 0 Å². The summed E-state index contributed by atoms with van der Waals surface area (Å²) in [5.41, 5.74) is 6.82. The lowest BCUT2D eigenvalue weighted by Gasteiger charge is -2.10. The predicted octanol–water partition coefficient (Wildman–Crippen LogP) is 3.87. The van der Waals surface area contributed by atoms with Crippen molar-refractivity contribution in [3.8, 4) is 0 Å². The zero-order chi connectivity index (χ0) is 15.4. The van der Waals surface area contributed by atoms with Gasteiger partial charge < -0.3 is 16.4 Å². The van der Waals surface area contributed by atoms with Gasteiger partial charge in [0.25, 0.3) is 0 Å². The van der Waals surface area contributed by atoms with Gasteiger partial charge in [0, 0.05) is 10.0 Å². The smallest absolute Gasteiger partial charge is 0.323 e. The molecule has 108 valence electrons. The highest BCUT2D eigenvalue weighted by atomic mass is 79.9. The molecule has 0 atom stereocenters. The van der Waals surface area contributed by atoms with Gasteiger partial charge in [-0.15, -0.1) is 0 Å². The highest BCUT2D eigenvalue weighted by molar-refractivity contribution is 9.10. The third kappa shape index (κ3) is 3.99. The first-order chi connectivity index (χ1) is 9.97. The van der Waals surface area contributed by atoms with E-state index in [9.17, 15) is 9.18 Å². The van der Waals surface area contributed by atoms with Gasteiger partial charge in [0.1, 0.15) is 10.8 Å². The molecule has 0 aromatic heterocycles. The van der Waals surface area contributed by atoms with E-state index in [-0.39, 0.29) is 10.7 Å². The molecule has 2 rings (SSSR count). The van der Waals surface area contributed by atoms with E-state index in [0.717, 1.165) is 0 Å². The van der Waals surface area contributed by atoms with Gasteiger partial charge in [-0.1, -0.05) is 24.4 Å². The number of benzene rings is 2. The summed E-state index contributed by atoms with van der Waals surface area (Å²) in [6.07, 6.45) is 0. The summed E-state index contributed by atoms with van der Waals surface area (Å²) in [7, 11) is 0. The van der Waals surface area contributed by atoms with Crippen LogP contribution >= 0.6 is 28.1 Å². The number of nitrogens with two attached hydrogens (primary N) is 1. The zero-order valence-electron chi connectivity index (χ0n) is 10.7. The van der Waals surface area contributed by atoms with E-state index in [0.29, 0.717) is 15.7 Å². The Balaban J connectivity index is 2.10. The van der Waals surface area contributed by atoms with E-state index in [4.69, 9.17) is 18.0 Å². The molecule has 7 heteroatoms. The van der Waals surface area contributed by atoms with E-state index in [1.54, 1.807) is 30.3 Å². The van der Waals surface area contributed by atoms with Crippen LogP contribution in [0, 0.1) is 5.82 Å². The third-order valence-corrected chi connectivity index (χ3v) is 3.52. The van der Waals surface area contributed by atoms with Crippen molar-refractivity contribution < 1.29 is 9.18 Å². The molecule has 0 heterocycles. The number of halogens is 2. The van der Waals surface area contributed by atoms with Crippen molar-refractivity contribution in [2.24, 2.45) is 5.73 Å². The van der Waals surface area contributed by atoms with Gasteiger partial charge in [-0.3, -0.25) is 0 Å². The number of urea groups is 1. The topological polar surface area (TPSA) is 67.1 Å². The average molecular weight is 368 g/mol. The standard InChI is InChI=1S/C14H11BrFN3OS/c15-9-7-8(13(17)21)5-6-11(9)18-14(20)19-12-4-2-1-3-10(12)16/h1-7H,(H2,17,21)(H2,18,19,20). The van der Waals surface area contributed by atoms with Crippen molar-refractivity contribution in [1.82, 2.24) is 0 Å². The first kappa shape index (κ1) is 15.4. The Labute approximate surface area is 134 Å². The number of para-hydroxylation sites is 1. The molecule has 0 aliphatic heterocycles. The maximum atomic E-state index is 13.4. The molecule has 0 bridgehead atoms.